The van der Waals surface area contributed by atoms with Gasteiger partial charge in [0.05, 0.1) is 24.2 Å². The van der Waals surface area contributed by atoms with Crippen LogP contribution in [0.25, 0.3) is 16.7 Å². The summed E-state index contributed by atoms with van der Waals surface area (Å²) >= 11 is 0. The third-order valence-corrected chi connectivity index (χ3v) is 6.13. The predicted molar refractivity (Wildman–Crippen MR) is 114 cm³/mol. The average Bonchev–Trinajstić information content (AvgIpc) is 3.46. The van der Waals surface area contributed by atoms with Gasteiger partial charge >= 0.3 is 0 Å². The molecule has 156 valence electrons. The second-order valence-electron chi connectivity index (χ2n) is 8.02. The summed E-state index contributed by atoms with van der Waals surface area (Å²) in [6, 6.07) is 18.4. The first kappa shape index (κ1) is 19.3. The first-order valence-electron chi connectivity index (χ1n) is 10.8. The van der Waals surface area contributed by atoms with Crippen LogP contribution in [-0.2, 0) is 20.7 Å². The molecule has 2 aromatic carbocycles. The normalized spacial score (nSPS) is 18.3. The number of rotatable bonds is 5. The lowest BCUT2D eigenvalue weighted by molar-refractivity contribution is -0.136. The minimum atomic E-state index is -0.0759. The van der Waals surface area contributed by atoms with E-state index in [0.29, 0.717) is 32.0 Å². The van der Waals surface area contributed by atoms with Crippen molar-refractivity contribution in [3.05, 3.63) is 60.4 Å². The van der Waals surface area contributed by atoms with Crippen molar-refractivity contribution in [3.63, 3.8) is 0 Å². The first-order valence-corrected chi connectivity index (χ1v) is 10.8. The van der Waals surface area contributed by atoms with Gasteiger partial charge in [0, 0.05) is 37.5 Å². The summed E-state index contributed by atoms with van der Waals surface area (Å²) in [5.41, 5.74) is 3.11. The van der Waals surface area contributed by atoms with Gasteiger partial charge in [-0.25, -0.2) is 4.98 Å². The van der Waals surface area contributed by atoms with Crippen molar-refractivity contribution in [2.75, 3.05) is 26.3 Å². The van der Waals surface area contributed by atoms with Crippen LogP contribution in [0.2, 0.25) is 0 Å². The summed E-state index contributed by atoms with van der Waals surface area (Å²) in [6.45, 7) is 2.93. The molecule has 3 aromatic rings. The van der Waals surface area contributed by atoms with Crippen LogP contribution in [0.3, 0.4) is 0 Å². The van der Waals surface area contributed by atoms with Crippen molar-refractivity contribution in [3.8, 4) is 5.69 Å². The van der Waals surface area contributed by atoms with Crippen molar-refractivity contribution in [2.45, 2.75) is 32.0 Å². The van der Waals surface area contributed by atoms with Crippen LogP contribution in [0.5, 0.6) is 0 Å². The van der Waals surface area contributed by atoms with Crippen LogP contribution in [0.1, 0.15) is 25.1 Å². The number of carbonyl (C=O) groups excluding carboxylic acids is 1. The van der Waals surface area contributed by atoms with E-state index in [9.17, 15) is 4.79 Å². The molecule has 0 spiro atoms. The number of ether oxygens (including phenoxy) is 2. The molecule has 0 saturated carbocycles. The minimum Gasteiger partial charge on any atom is -0.350 e. The number of likely N-dealkylation sites (tertiary alicyclic amines) is 1. The third kappa shape index (κ3) is 3.85. The number of carbonyl (C=O) groups is 1. The largest absolute Gasteiger partial charge is 0.350 e. The fourth-order valence-electron chi connectivity index (χ4n) is 4.56. The molecular formula is C24H27N3O3. The van der Waals surface area contributed by atoms with E-state index >= 15 is 0 Å². The molecule has 1 amide bonds. The average molecular weight is 405 g/mol. The predicted octanol–water partition coefficient (Wildman–Crippen LogP) is 3.57. The van der Waals surface area contributed by atoms with Crippen LogP contribution >= 0.6 is 0 Å². The fourth-order valence-corrected chi connectivity index (χ4v) is 4.56. The number of nitrogens with zero attached hydrogens (tertiary/aromatic N) is 3. The van der Waals surface area contributed by atoms with Gasteiger partial charge in [-0.1, -0.05) is 30.3 Å². The zero-order valence-electron chi connectivity index (χ0n) is 17.1. The van der Waals surface area contributed by atoms with E-state index in [2.05, 4.69) is 22.8 Å². The Hall–Kier alpha value is -2.70. The molecule has 0 atom stereocenters. The molecule has 0 N–H and O–H groups in total. The number of piperidine rings is 1. The molecule has 1 aromatic heterocycles. The highest BCUT2D eigenvalue weighted by Gasteiger charge is 2.31. The van der Waals surface area contributed by atoms with E-state index in [1.807, 2.05) is 41.3 Å². The van der Waals surface area contributed by atoms with Crippen molar-refractivity contribution in [1.29, 1.82) is 0 Å². The fraction of sp³-hybridized carbons (Fsp3) is 0.417. The molecule has 3 heterocycles. The lowest BCUT2D eigenvalue weighted by atomic mass is 9.96. The van der Waals surface area contributed by atoms with Crippen LogP contribution in [0.4, 0.5) is 0 Å². The van der Waals surface area contributed by atoms with E-state index in [0.717, 1.165) is 48.5 Å². The summed E-state index contributed by atoms with van der Waals surface area (Å²) in [5, 5.41) is 0. The molecule has 2 aliphatic heterocycles. The molecule has 6 nitrogen and oxygen atoms in total. The smallest absolute Gasteiger partial charge is 0.223 e. The second kappa shape index (κ2) is 8.58. The molecule has 0 radical (unpaired) electrons. The van der Waals surface area contributed by atoms with Gasteiger partial charge in [-0.2, -0.15) is 0 Å². The summed E-state index contributed by atoms with van der Waals surface area (Å²) in [5.74, 6) is 1.53. The lowest BCUT2D eigenvalue weighted by Crippen LogP contribution is -2.41. The Kier molecular flexibility index (Phi) is 5.51. The maximum atomic E-state index is 12.9. The number of hydrogen-bond donors (Lipinski definition) is 0. The van der Waals surface area contributed by atoms with Gasteiger partial charge in [-0.05, 0) is 37.1 Å². The van der Waals surface area contributed by atoms with Crippen LogP contribution in [-0.4, -0.2) is 53.0 Å². The topological polar surface area (TPSA) is 56.6 Å². The van der Waals surface area contributed by atoms with Crippen molar-refractivity contribution in [2.24, 2.45) is 5.92 Å². The van der Waals surface area contributed by atoms with Gasteiger partial charge in [0.25, 0.3) is 0 Å². The van der Waals surface area contributed by atoms with Gasteiger partial charge < -0.3 is 14.4 Å². The number of benzene rings is 2. The zero-order chi connectivity index (χ0) is 20.3. The van der Waals surface area contributed by atoms with Crippen molar-refractivity contribution in [1.82, 2.24) is 14.5 Å². The maximum absolute atomic E-state index is 12.9. The quantitative estimate of drug-likeness (QED) is 0.651. The van der Waals surface area contributed by atoms with E-state index in [1.165, 1.54) is 0 Å². The molecule has 0 bridgehead atoms. The standard InChI is InChI=1S/C24H27N3O3/c28-23(26-14-12-18(13-15-26)24-29-16-17-30-24)11-10-22-25-20-8-4-5-9-21(20)27(22)19-6-2-1-3-7-19/h1-9,18,24H,10-17H2. The number of imidazole rings is 1. The van der Waals surface area contributed by atoms with Crippen LogP contribution in [0.15, 0.2) is 54.6 Å². The third-order valence-electron chi connectivity index (χ3n) is 6.13. The molecule has 0 aliphatic carbocycles. The van der Waals surface area contributed by atoms with E-state index in [4.69, 9.17) is 14.5 Å². The Labute approximate surface area is 176 Å². The molecule has 2 aliphatic rings. The molecule has 6 heteroatoms. The number of fused-ring (bicyclic) bond motifs is 1. The van der Waals surface area contributed by atoms with E-state index in [-0.39, 0.29) is 12.2 Å². The molecule has 5 rings (SSSR count). The SMILES string of the molecule is O=C(CCc1nc2ccccc2n1-c1ccccc1)N1CCC(C2OCCO2)CC1. The number of aromatic nitrogens is 2. The second-order valence-corrected chi connectivity index (χ2v) is 8.02. The van der Waals surface area contributed by atoms with Crippen LogP contribution in [0, 0.1) is 5.92 Å². The van der Waals surface area contributed by atoms with Gasteiger partial charge in [-0.15, -0.1) is 0 Å². The Morgan fingerprint density at radius 1 is 0.967 bits per heavy atom. The lowest BCUT2D eigenvalue weighted by Gasteiger charge is -2.33. The monoisotopic (exact) mass is 405 g/mol. The Bertz CT molecular complexity index is 1000. The van der Waals surface area contributed by atoms with E-state index < -0.39 is 0 Å². The summed E-state index contributed by atoms with van der Waals surface area (Å²) in [4.78, 5) is 19.7. The molecule has 30 heavy (non-hydrogen) atoms. The number of hydrogen-bond acceptors (Lipinski definition) is 4. The number of aryl methyl sites for hydroxylation is 1. The van der Waals surface area contributed by atoms with Crippen molar-refractivity contribution < 1.29 is 14.3 Å². The summed E-state index contributed by atoms with van der Waals surface area (Å²) in [6.07, 6.45) is 2.90. The highest BCUT2D eigenvalue weighted by atomic mass is 16.7. The summed E-state index contributed by atoms with van der Waals surface area (Å²) in [7, 11) is 0. The first-order chi connectivity index (χ1) is 14.8. The highest BCUT2D eigenvalue weighted by Crippen LogP contribution is 2.27. The van der Waals surface area contributed by atoms with Gasteiger partial charge in [0.2, 0.25) is 5.91 Å². The van der Waals surface area contributed by atoms with Crippen molar-refractivity contribution >= 4 is 16.9 Å². The number of amides is 1. The van der Waals surface area contributed by atoms with Gasteiger partial charge in [0.1, 0.15) is 5.82 Å². The Balaban J connectivity index is 1.27. The maximum Gasteiger partial charge on any atom is 0.223 e. The number of para-hydroxylation sites is 3. The molecule has 0 unspecified atom stereocenters. The highest BCUT2D eigenvalue weighted by molar-refractivity contribution is 5.79. The molecule has 2 fully saturated rings. The zero-order valence-corrected chi connectivity index (χ0v) is 17.1. The van der Waals surface area contributed by atoms with E-state index in [1.54, 1.807) is 0 Å². The molecular weight excluding hydrogens is 378 g/mol. The Morgan fingerprint density at radius 3 is 2.43 bits per heavy atom. The Morgan fingerprint density at radius 2 is 1.67 bits per heavy atom. The molecule has 2 saturated heterocycles. The summed E-state index contributed by atoms with van der Waals surface area (Å²) < 4.78 is 13.5. The van der Waals surface area contributed by atoms with Crippen LogP contribution < -0.4 is 0 Å². The van der Waals surface area contributed by atoms with Gasteiger partial charge in [-0.3, -0.25) is 9.36 Å². The van der Waals surface area contributed by atoms with Gasteiger partial charge in [0.15, 0.2) is 6.29 Å². The minimum absolute atomic E-state index is 0.0759.